The molecule has 0 saturated carbocycles. The van der Waals surface area contributed by atoms with Crippen LogP contribution >= 0.6 is 0 Å². The number of aliphatic hydroxyl groups excluding tert-OH is 2. The maximum absolute atomic E-state index is 12.3. The lowest BCUT2D eigenvalue weighted by Gasteiger charge is -2.27. The molecule has 1 aromatic rings. The molecule has 0 amide bonds. The summed E-state index contributed by atoms with van der Waals surface area (Å²) in [5, 5.41) is 20.8. The predicted octanol–water partition coefficient (Wildman–Crippen LogP) is 1.14. The molecule has 0 radical (unpaired) electrons. The van der Waals surface area contributed by atoms with Gasteiger partial charge in [-0.15, -0.1) is 0 Å². The van der Waals surface area contributed by atoms with Gasteiger partial charge in [-0.05, 0) is 31.2 Å². The average molecular weight is 313 g/mol. The Morgan fingerprint density at radius 1 is 1.10 bits per heavy atom. The minimum atomic E-state index is -5.37. The number of sulfone groups is 1. The summed E-state index contributed by atoms with van der Waals surface area (Å²) >= 11 is 0. The number of alkyl halides is 3. The van der Waals surface area contributed by atoms with Crippen molar-refractivity contribution >= 4 is 15.5 Å². The lowest BCUT2D eigenvalue weighted by molar-refractivity contribution is -0.0436. The molecule has 0 aliphatic carbocycles. The first-order chi connectivity index (χ1) is 9.05. The van der Waals surface area contributed by atoms with Crippen molar-refractivity contribution in [2.24, 2.45) is 0 Å². The van der Waals surface area contributed by atoms with Gasteiger partial charge in [-0.2, -0.15) is 13.2 Å². The van der Waals surface area contributed by atoms with E-state index in [1.807, 2.05) is 0 Å². The van der Waals surface area contributed by atoms with Gasteiger partial charge in [0, 0.05) is 5.69 Å². The molecule has 1 aromatic carbocycles. The van der Waals surface area contributed by atoms with E-state index in [4.69, 9.17) is 10.2 Å². The van der Waals surface area contributed by atoms with Gasteiger partial charge in [-0.1, -0.05) is 0 Å². The maximum Gasteiger partial charge on any atom is 0.501 e. The van der Waals surface area contributed by atoms with E-state index >= 15 is 0 Å². The summed E-state index contributed by atoms with van der Waals surface area (Å²) < 4.78 is 59.3. The van der Waals surface area contributed by atoms with Crippen LogP contribution in [-0.2, 0) is 9.84 Å². The molecule has 0 saturated heterocycles. The molecular weight excluding hydrogens is 299 g/mol. The minimum absolute atomic E-state index is 0.275. The van der Waals surface area contributed by atoms with Crippen LogP contribution in [0.15, 0.2) is 29.2 Å². The van der Waals surface area contributed by atoms with E-state index in [1.165, 1.54) is 6.92 Å². The van der Waals surface area contributed by atoms with Gasteiger partial charge < -0.3 is 15.5 Å². The van der Waals surface area contributed by atoms with Crippen LogP contribution in [0.3, 0.4) is 0 Å². The van der Waals surface area contributed by atoms with Crippen molar-refractivity contribution in [1.29, 1.82) is 0 Å². The van der Waals surface area contributed by atoms with E-state index in [0.29, 0.717) is 0 Å². The van der Waals surface area contributed by atoms with Crippen molar-refractivity contribution in [3.05, 3.63) is 24.3 Å². The first-order valence-electron chi connectivity index (χ1n) is 5.47. The molecule has 0 aromatic heterocycles. The normalized spacial score (nSPS) is 13.3. The van der Waals surface area contributed by atoms with E-state index < -0.39 is 39.0 Å². The molecule has 0 spiro atoms. The van der Waals surface area contributed by atoms with Crippen molar-refractivity contribution < 1.29 is 31.8 Å². The SMILES string of the molecule is CC(CO)(CO)Nc1ccc(S(=O)(=O)C(F)(F)F)cc1. The van der Waals surface area contributed by atoms with Crippen LogP contribution in [0.1, 0.15) is 6.92 Å². The quantitative estimate of drug-likeness (QED) is 0.759. The summed E-state index contributed by atoms with van der Waals surface area (Å²) in [7, 11) is -5.37. The third kappa shape index (κ3) is 3.41. The molecule has 0 heterocycles. The van der Waals surface area contributed by atoms with Crippen LogP contribution in [0.2, 0.25) is 0 Å². The van der Waals surface area contributed by atoms with Crippen LogP contribution in [0.5, 0.6) is 0 Å². The number of hydrogen-bond donors (Lipinski definition) is 3. The fraction of sp³-hybridized carbons (Fsp3) is 0.455. The predicted molar refractivity (Wildman–Crippen MR) is 65.9 cm³/mol. The second kappa shape index (κ2) is 5.58. The molecule has 0 atom stereocenters. The molecule has 0 fully saturated rings. The van der Waals surface area contributed by atoms with E-state index in [-0.39, 0.29) is 5.69 Å². The second-order valence-corrected chi connectivity index (χ2v) is 6.42. The molecule has 114 valence electrons. The van der Waals surface area contributed by atoms with E-state index in [1.54, 1.807) is 0 Å². The van der Waals surface area contributed by atoms with Crippen molar-refractivity contribution in [1.82, 2.24) is 0 Å². The second-order valence-electron chi connectivity index (χ2n) is 4.48. The van der Waals surface area contributed by atoms with E-state index in [9.17, 15) is 21.6 Å². The van der Waals surface area contributed by atoms with Gasteiger partial charge in [-0.25, -0.2) is 8.42 Å². The molecule has 5 nitrogen and oxygen atoms in total. The van der Waals surface area contributed by atoms with Crippen LogP contribution in [-0.4, -0.2) is 42.9 Å². The van der Waals surface area contributed by atoms with E-state index in [0.717, 1.165) is 24.3 Å². The highest BCUT2D eigenvalue weighted by molar-refractivity contribution is 7.92. The third-order valence-electron chi connectivity index (χ3n) is 2.61. The van der Waals surface area contributed by atoms with Gasteiger partial charge in [0.1, 0.15) is 0 Å². The highest BCUT2D eigenvalue weighted by Crippen LogP contribution is 2.30. The summed E-state index contributed by atoms with van der Waals surface area (Å²) in [6.45, 7) is 0.672. The van der Waals surface area contributed by atoms with Crippen LogP contribution in [0.25, 0.3) is 0 Å². The van der Waals surface area contributed by atoms with Gasteiger partial charge in [-0.3, -0.25) is 0 Å². The van der Waals surface area contributed by atoms with Gasteiger partial charge >= 0.3 is 5.51 Å². The lowest BCUT2D eigenvalue weighted by atomic mass is 10.1. The number of rotatable bonds is 5. The zero-order valence-electron chi connectivity index (χ0n) is 10.5. The van der Waals surface area contributed by atoms with Crippen LogP contribution in [0.4, 0.5) is 18.9 Å². The molecule has 0 aliphatic heterocycles. The minimum Gasteiger partial charge on any atom is -0.394 e. The Labute approximate surface area is 114 Å². The third-order valence-corrected chi connectivity index (χ3v) is 4.12. The Balaban J connectivity index is 3.02. The monoisotopic (exact) mass is 313 g/mol. The van der Waals surface area contributed by atoms with Gasteiger partial charge in [0.05, 0.1) is 23.6 Å². The first-order valence-corrected chi connectivity index (χ1v) is 6.95. The number of hydrogen-bond acceptors (Lipinski definition) is 5. The van der Waals surface area contributed by atoms with Gasteiger partial charge in [0.2, 0.25) is 0 Å². The van der Waals surface area contributed by atoms with Crippen molar-refractivity contribution in [2.45, 2.75) is 22.9 Å². The number of anilines is 1. The summed E-state index contributed by atoms with van der Waals surface area (Å²) in [5.74, 6) is 0. The Morgan fingerprint density at radius 3 is 1.90 bits per heavy atom. The molecule has 0 bridgehead atoms. The highest BCUT2D eigenvalue weighted by atomic mass is 32.2. The van der Waals surface area contributed by atoms with Gasteiger partial charge in [0.15, 0.2) is 0 Å². The zero-order chi connectivity index (χ0) is 15.6. The van der Waals surface area contributed by atoms with Crippen molar-refractivity contribution in [3.63, 3.8) is 0 Å². The summed E-state index contributed by atoms with van der Waals surface area (Å²) in [5.41, 5.74) is -6.14. The van der Waals surface area contributed by atoms with Crippen LogP contribution < -0.4 is 5.32 Å². The van der Waals surface area contributed by atoms with Gasteiger partial charge in [0.25, 0.3) is 9.84 Å². The Hall–Kier alpha value is -1.32. The zero-order valence-corrected chi connectivity index (χ0v) is 11.3. The van der Waals surface area contributed by atoms with Crippen molar-refractivity contribution in [2.75, 3.05) is 18.5 Å². The molecule has 1 rings (SSSR count). The van der Waals surface area contributed by atoms with Crippen LogP contribution in [0, 0.1) is 0 Å². The Bertz CT molecular complexity index is 550. The topological polar surface area (TPSA) is 86.6 Å². The summed E-state index contributed by atoms with van der Waals surface area (Å²) in [6.07, 6.45) is 0. The summed E-state index contributed by atoms with van der Waals surface area (Å²) in [6, 6.07) is 3.87. The molecule has 20 heavy (non-hydrogen) atoms. The lowest BCUT2D eigenvalue weighted by Crippen LogP contribution is -2.42. The number of halogens is 3. The largest absolute Gasteiger partial charge is 0.501 e. The number of nitrogens with one attached hydrogen (secondary N) is 1. The van der Waals surface area contributed by atoms with Crippen molar-refractivity contribution in [3.8, 4) is 0 Å². The summed E-state index contributed by atoms with van der Waals surface area (Å²) in [4.78, 5) is -0.870. The maximum atomic E-state index is 12.3. The molecular formula is C11H14F3NO4S. The Kier molecular flexibility index (Phi) is 4.67. The highest BCUT2D eigenvalue weighted by Gasteiger charge is 2.46. The number of aliphatic hydroxyl groups is 2. The molecule has 3 N–H and O–H groups in total. The Morgan fingerprint density at radius 2 is 1.55 bits per heavy atom. The smallest absolute Gasteiger partial charge is 0.394 e. The molecule has 0 unspecified atom stereocenters. The fourth-order valence-corrected chi connectivity index (χ4v) is 2.09. The molecule has 0 aliphatic rings. The molecule has 9 heteroatoms. The fourth-order valence-electron chi connectivity index (χ4n) is 1.33. The standard InChI is InChI=1S/C11H14F3NO4S/c1-10(6-16,7-17)15-8-2-4-9(5-3-8)20(18,19)11(12,13)14/h2-5,15-17H,6-7H2,1H3. The first kappa shape index (κ1) is 16.7. The average Bonchev–Trinajstić information content (AvgIpc) is 2.38. The number of benzene rings is 1. The van der Waals surface area contributed by atoms with E-state index in [2.05, 4.69) is 5.32 Å².